The Balaban J connectivity index is 2.37. The van der Waals surface area contributed by atoms with Gasteiger partial charge in [-0.25, -0.2) is 4.79 Å². The smallest absolute Gasteiger partial charge is 0.326 e. The number of nitrogens with two attached hydrogens (primary N) is 5. The van der Waals surface area contributed by atoms with E-state index in [4.69, 9.17) is 28.7 Å². The first kappa shape index (κ1) is 65.3. The highest BCUT2D eigenvalue weighted by molar-refractivity contribution is 6.00. The van der Waals surface area contributed by atoms with Crippen molar-refractivity contribution in [1.29, 1.82) is 0 Å². The summed E-state index contributed by atoms with van der Waals surface area (Å²) in [5.74, 6) is -15.1. The minimum atomic E-state index is -2.03. The highest BCUT2D eigenvalue weighted by Crippen LogP contribution is 2.23. The third kappa shape index (κ3) is 22.5. The van der Waals surface area contributed by atoms with Crippen LogP contribution in [0.1, 0.15) is 111 Å². The van der Waals surface area contributed by atoms with Crippen molar-refractivity contribution in [3.63, 3.8) is 0 Å². The molecule has 2 aliphatic heterocycles. The predicted molar refractivity (Wildman–Crippen MR) is 272 cm³/mol. The molecule has 2 saturated heterocycles. The standard InChI is InChI=1S/C46H77N15O16/c1-22(2)19-27(37(69)54-25(13-14-32(62)63)36(68)59-35(23(3)4)44(76)77)56-38(70)28(20-33(64)65)57-39(71)29(21-34(66)67)58-41(73)31-12-8-18-61(31)43(75)26(10-6-16-53-46(50)51)55-40(72)30-11-7-17-60(30)42(74)24(47)9-5-15-52-45(48)49/h22-31,35H,5-21,47H2,1-4H3,(H,54,69)(H,55,72)(H,56,70)(H,57,71)(H,58,73)(H,59,68)(H,62,63)(H,64,65)(H,66,67)(H,76,77)(H4,48,49,52)(H4,50,51,53)/t24-,25-,26-,27-,28-,29-,30-,31-,35-/m0/s1. The minimum absolute atomic E-state index is 0.000330. The maximum Gasteiger partial charge on any atom is 0.326 e. The molecule has 0 bridgehead atoms. The fourth-order valence-electron chi connectivity index (χ4n) is 8.55. The van der Waals surface area contributed by atoms with E-state index in [9.17, 15) is 78.0 Å². The lowest BCUT2D eigenvalue weighted by atomic mass is 10.0. The van der Waals surface area contributed by atoms with E-state index < -0.39 is 157 Å². The molecule has 0 aliphatic carbocycles. The fourth-order valence-corrected chi connectivity index (χ4v) is 8.55. The zero-order chi connectivity index (χ0) is 58.3. The summed E-state index contributed by atoms with van der Waals surface area (Å²) in [5.41, 5.74) is 27.8. The number of hydrogen-bond acceptors (Lipinski definition) is 15. The van der Waals surface area contributed by atoms with Gasteiger partial charge in [0.25, 0.3) is 0 Å². The monoisotopic (exact) mass is 1100 g/mol. The van der Waals surface area contributed by atoms with Crippen molar-refractivity contribution in [2.45, 2.75) is 166 Å². The molecular weight excluding hydrogens is 1020 g/mol. The normalized spacial score (nSPS) is 17.8. The third-order valence-electron chi connectivity index (χ3n) is 12.4. The third-order valence-corrected chi connectivity index (χ3v) is 12.4. The van der Waals surface area contributed by atoms with Gasteiger partial charge in [0.15, 0.2) is 11.9 Å². The van der Waals surface area contributed by atoms with Gasteiger partial charge in [-0.3, -0.25) is 62.7 Å². The molecule has 9 atom stereocenters. The molecule has 0 unspecified atom stereocenters. The largest absolute Gasteiger partial charge is 0.481 e. The van der Waals surface area contributed by atoms with Gasteiger partial charge in [0, 0.05) is 32.6 Å². The summed E-state index contributed by atoms with van der Waals surface area (Å²) in [6.45, 7) is 6.69. The average molecular weight is 1100 g/mol. The summed E-state index contributed by atoms with van der Waals surface area (Å²) in [6, 6.07) is -13.3. The highest BCUT2D eigenvalue weighted by Gasteiger charge is 2.42. The molecule has 8 amide bonds. The number of rotatable bonds is 33. The molecule has 77 heavy (non-hydrogen) atoms. The van der Waals surface area contributed by atoms with Crippen LogP contribution in [-0.2, 0) is 57.5 Å². The second kappa shape index (κ2) is 31.9. The molecule has 0 aromatic rings. The van der Waals surface area contributed by atoms with E-state index in [1.807, 2.05) is 0 Å². The van der Waals surface area contributed by atoms with Gasteiger partial charge in [-0.1, -0.05) is 27.7 Å². The number of nitrogens with zero attached hydrogens (tertiary/aromatic N) is 4. The van der Waals surface area contributed by atoms with Gasteiger partial charge in [-0.05, 0) is 76.0 Å². The van der Waals surface area contributed by atoms with Gasteiger partial charge in [0.05, 0.1) is 18.9 Å². The summed E-state index contributed by atoms with van der Waals surface area (Å²) < 4.78 is 0. The number of guanidine groups is 2. The second-order valence-electron chi connectivity index (χ2n) is 19.5. The van der Waals surface area contributed by atoms with Gasteiger partial charge in [-0.15, -0.1) is 0 Å². The number of aliphatic imine (C=N–C) groups is 2. The first-order valence-corrected chi connectivity index (χ1v) is 25.2. The summed E-state index contributed by atoms with van der Waals surface area (Å²) >= 11 is 0. The number of carboxylic acid groups (broad SMARTS) is 4. The summed E-state index contributed by atoms with van der Waals surface area (Å²) in [7, 11) is 0. The summed E-state index contributed by atoms with van der Waals surface area (Å²) in [6.07, 6.45) is -1.98. The van der Waals surface area contributed by atoms with Crippen molar-refractivity contribution in [2.75, 3.05) is 26.2 Å². The van der Waals surface area contributed by atoms with Crippen LogP contribution in [0.3, 0.4) is 0 Å². The predicted octanol–water partition coefficient (Wildman–Crippen LogP) is -5.09. The lowest BCUT2D eigenvalue weighted by Crippen LogP contribution is -2.60. The van der Waals surface area contributed by atoms with E-state index in [0.717, 1.165) is 4.90 Å². The minimum Gasteiger partial charge on any atom is -0.481 e. The number of hydrogen-bond donors (Lipinski definition) is 15. The Morgan fingerprint density at radius 3 is 1.42 bits per heavy atom. The number of carbonyl (C=O) groups excluding carboxylic acids is 8. The number of aliphatic carboxylic acids is 4. The first-order valence-electron chi connectivity index (χ1n) is 25.2. The second-order valence-corrected chi connectivity index (χ2v) is 19.5. The number of carboxylic acids is 4. The van der Waals surface area contributed by atoms with Gasteiger partial charge in [0.1, 0.15) is 48.3 Å². The summed E-state index contributed by atoms with van der Waals surface area (Å²) in [5, 5.41) is 52.5. The van der Waals surface area contributed by atoms with Crippen LogP contribution in [0.4, 0.5) is 0 Å². The molecule has 432 valence electrons. The van der Waals surface area contributed by atoms with Crippen molar-refractivity contribution in [3.05, 3.63) is 0 Å². The SMILES string of the molecule is CC(C)C[C@H](NC(=O)[C@H](CC(=O)O)NC(=O)[C@H](CC(=O)O)NC(=O)[C@@H]1CCCN1C(=O)[C@H](CCCN=C(N)N)NC(=O)[C@@H]1CCCN1C(=O)[C@@H](N)CCCN=C(N)N)C(=O)N[C@@H](CCC(=O)O)C(=O)N[C@H](C(=O)O)C(C)C. The molecule has 0 radical (unpaired) electrons. The van der Waals surface area contributed by atoms with Crippen LogP contribution in [-0.4, -0.2) is 194 Å². The number of likely N-dealkylation sites (tertiary alicyclic amines) is 2. The Hall–Kier alpha value is -7.86. The van der Waals surface area contributed by atoms with E-state index in [1.54, 1.807) is 13.8 Å². The lowest BCUT2D eigenvalue weighted by Gasteiger charge is -2.32. The first-order chi connectivity index (χ1) is 36.0. The van der Waals surface area contributed by atoms with Crippen LogP contribution in [0, 0.1) is 11.8 Å². The molecule has 2 heterocycles. The maximum atomic E-state index is 14.4. The van der Waals surface area contributed by atoms with Gasteiger partial charge >= 0.3 is 23.9 Å². The lowest BCUT2D eigenvalue weighted by molar-refractivity contribution is -0.145. The van der Waals surface area contributed by atoms with E-state index in [2.05, 4.69) is 41.9 Å². The fraction of sp³-hybridized carbons (Fsp3) is 0.696. The molecule has 0 aromatic heterocycles. The number of amides is 8. The van der Waals surface area contributed by atoms with Crippen molar-refractivity contribution < 1.29 is 78.0 Å². The molecular formula is C46H77N15O16. The van der Waals surface area contributed by atoms with Crippen molar-refractivity contribution in [3.8, 4) is 0 Å². The van der Waals surface area contributed by atoms with Crippen molar-refractivity contribution in [1.82, 2.24) is 41.7 Å². The molecule has 2 rings (SSSR count). The molecule has 0 aromatic carbocycles. The van der Waals surface area contributed by atoms with E-state index in [0.29, 0.717) is 12.8 Å². The zero-order valence-corrected chi connectivity index (χ0v) is 43.7. The zero-order valence-electron chi connectivity index (χ0n) is 43.7. The number of nitrogens with one attached hydrogen (secondary N) is 6. The molecule has 2 aliphatic rings. The Morgan fingerprint density at radius 2 is 0.961 bits per heavy atom. The average Bonchev–Trinajstić information content (AvgIpc) is 4.04. The molecule has 0 spiro atoms. The van der Waals surface area contributed by atoms with Crippen molar-refractivity contribution >= 4 is 83.1 Å². The van der Waals surface area contributed by atoms with Crippen LogP contribution in [0.15, 0.2) is 9.98 Å². The Bertz CT molecular complexity index is 2200. The molecule has 31 nitrogen and oxygen atoms in total. The molecule has 20 N–H and O–H groups in total. The quantitative estimate of drug-likeness (QED) is 0.0166. The van der Waals surface area contributed by atoms with Gasteiger partial charge in [0.2, 0.25) is 47.3 Å². The molecule has 2 fully saturated rings. The van der Waals surface area contributed by atoms with Crippen LogP contribution < -0.4 is 60.6 Å². The molecule has 31 heteroatoms. The van der Waals surface area contributed by atoms with Gasteiger partial charge < -0.3 is 90.8 Å². The van der Waals surface area contributed by atoms with E-state index in [1.165, 1.54) is 18.7 Å². The van der Waals surface area contributed by atoms with E-state index in [-0.39, 0.29) is 89.0 Å². The van der Waals surface area contributed by atoms with Crippen LogP contribution in [0.25, 0.3) is 0 Å². The van der Waals surface area contributed by atoms with Crippen LogP contribution in [0.2, 0.25) is 0 Å². The van der Waals surface area contributed by atoms with Crippen LogP contribution in [0.5, 0.6) is 0 Å². The summed E-state index contributed by atoms with van der Waals surface area (Å²) in [4.78, 5) is 168. The number of carbonyl (C=O) groups is 12. The highest BCUT2D eigenvalue weighted by atomic mass is 16.4. The Kier molecular flexibility index (Phi) is 27.0. The van der Waals surface area contributed by atoms with E-state index >= 15 is 0 Å². The van der Waals surface area contributed by atoms with Gasteiger partial charge in [-0.2, -0.15) is 0 Å². The van der Waals surface area contributed by atoms with Crippen LogP contribution >= 0.6 is 0 Å². The molecule has 0 saturated carbocycles. The Labute approximate surface area is 444 Å². The maximum absolute atomic E-state index is 14.4. The Morgan fingerprint density at radius 1 is 0.532 bits per heavy atom. The topological polar surface area (TPSA) is 519 Å². The van der Waals surface area contributed by atoms with Crippen molar-refractivity contribution in [2.24, 2.45) is 50.5 Å².